The molecule has 20 heavy (non-hydrogen) atoms. The third-order valence-electron chi connectivity index (χ3n) is 5.49. The van der Waals surface area contributed by atoms with Crippen molar-refractivity contribution < 1.29 is 4.74 Å². The molecule has 3 atom stereocenters. The van der Waals surface area contributed by atoms with E-state index in [1.54, 1.807) is 0 Å². The molecule has 3 aliphatic heterocycles. The highest BCUT2D eigenvalue weighted by atomic mass is 16.5. The third kappa shape index (κ3) is 2.13. The molecular weight excluding hydrogens is 248 g/mol. The minimum Gasteiger partial charge on any atom is -0.493 e. The van der Waals surface area contributed by atoms with Crippen LogP contribution < -0.4 is 10.1 Å². The van der Waals surface area contributed by atoms with Crippen LogP contribution in [0.3, 0.4) is 0 Å². The Morgan fingerprint density at radius 3 is 2.65 bits per heavy atom. The molecule has 3 heterocycles. The third-order valence-corrected chi connectivity index (χ3v) is 5.49. The van der Waals surface area contributed by atoms with Gasteiger partial charge < -0.3 is 15.0 Å². The van der Waals surface area contributed by atoms with Gasteiger partial charge in [-0.05, 0) is 38.8 Å². The van der Waals surface area contributed by atoms with E-state index in [1.165, 1.54) is 31.2 Å². The van der Waals surface area contributed by atoms with E-state index in [0.29, 0.717) is 12.1 Å². The summed E-state index contributed by atoms with van der Waals surface area (Å²) in [6, 6.07) is 11.3. The molecule has 1 aromatic rings. The van der Waals surface area contributed by atoms with Crippen LogP contribution in [0.25, 0.3) is 0 Å². The highest BCUT2D eigenvalue weighted by Crippen LogP contribution is 2.37. The van der Waals surface area contributed by atoms with Gasteiger partial charge in [-0.15, -0.1) is 0 Å². The quantitative estimate of drug-likeness (QED) is 0.896. The Bertz CT molecular complexity index is 476. The molecule has 0 saturated carbocycles. The van der Waals surface area contributed by atoms with Crippen LogP contribution in [0.5, 0.6) is 5.75 Å². The fourth-order valence-electron chi connectivity index (χ4n) is 4.35. The normalized spacial score (nSPS) is 36.5. The van der Waals surface area contributed by atoms with Crippen LogP contribution in [0.2, 0.25) is 0 Å². The van der Waals surface area contributed by atoms with Crippen molar-refractivity contribution in [2.75, 3.05) is 13.7 Å². The van der Waals surface area contributed by atoms with Crippen molar-refractivity contribution in [1.29, 1.82) is 0 Å². The first-order valence-electron chi connectivity index (χ1n) is 8.01. The summed E-state index contributed by atoms with van der Waals surface area (Å²) in [5.41, 5.74) is 1.35. The molecule has 108 valence electrons. The van der Waals surface area contributed by atoms with Gasteiger partial charge in [0, 0.05) is 36.2 Å². The Morgan fingerprint density at radius 2 is 1.85 bits per heavy atom. The number of para-hydroxylation sites is 1. The first kappa shape index (κ1) is 12.7. The van der Waals surface area contributed by atoms with Gasteiger partial charge in [0.05, 0.1) is 6.61 Å². The Morgan fingerprint density at radius 1 is 1.10 bits per heavy atom. The maximum Gasteiger partial charge on any atom is 0.124 e. The molecule has 2 saturated heterocycles. The average molecular weight is 272 g/mol. The summed E-state index contributed by atoms with van der Waals surface area (Å²) in [5, 5.41) is 3.93. The summed E-state index contributed by atoms with van der Waals surface area (Å²) in [6.07, 6.45) is 6.51. The van der Waals surface area contributed by atoms with E-state index in [2.05, 4.69) is 41.5 Å². The summed E-state index contributed by atoms with van der Waals surface area (Å²) < 4.78 is 5.77. The fourth-order valence-corrected chi connectivity index (χ4v) is 4.35. The average Bonchev–Trinajstić information content (AvgIpc) is 2.70. The Balaban J connectivity index is 1.48. The summed E-state index contributed by atoms with van der Waals surface area (Å²) in [7, 11) is 2.31. The van der Waals surface area contributed by atoms with Gasteiger partial charge in [-0.25, -0.2) is 0 Å². The van der Waals surface area contributed by atoms with Crippen LogP contribution in [0.15, 0.2) is 24.3 Å². The highest BCUT2D eigenvalue weighted by Gasteiger charge is 2.39. The summed E-state index contributed by atoms with van der Waals surface area (Å²) in [6.45, 7) is 0.841. The molecule has 4 rings (SSSR count). The number of nitrogens with zero attached hydrogens (tertiary/aromatic N) is 1. The Hall–Kier alpha value is -1.06. The van der Waals surface area contributed by atoms with Crippen LogP contribution in [-0.4, -0.2) is 36.7 Å². The van der Waals surface area contributed by atoms with Gasteiger partial charge in [-0.3, -0.25) is 0 Å². The van der Waals surface area contributed by atoms with E-state index in [-0.39, 0.29) is 0 Å². The van der Waals surface area contributed by atoms with Crippen molar-refractivity contribution >= 4 is 0 Å². The number of nitrogens with one attached hydrogen (secondary N) is 1. The molecule has 3 unspecified atom stereocenters. The van der Waals surface area contributed by atoms with Gasteiger partial charge in [-0.2, -0.15) is 0 Å². The van der Waals surface area contributed by atoms with Crippen LogP contribution in [-0.2, 0) is 0 Å². The smallest absolute Gasteiger partial charge is 0.124 e. The van der Waals surface area contributed by atoms with Crippen molar-refractivity contribution in [1.82, 2.24) is 10.2 Å². The first-order chi connectivity index (χ1) is 9.81. The largest absolute Gasteiger partial charge is 0.493 e. The number of benzene rings is 1. The predicted molar refractivity (Wildman–Crippen MR) is 80.0 cm³/mol. The van der Waals surface area contributed by atoms with Gasteiger partial charge in [-0.1, -0.05) is 18.2 Å². The standard InChI is InChI=1S/C17H24N2O/c1-19-13-6-7-14(19)11-12(10-13)18-16-8-9-20-17-5-3-2-4-15(16)17/h2-5,12-14,16,18H,6-11H2,1H3. The lowest BCUT2D eigenvalue weighted by Crippen LogP contribution is -2.48. The lowest BCUT2D eigenvalue weighted by Gasteiger charge is -2.39. The second-order valence-corrected chi connectivity index (χ2v) is 6.61. The summed E-state index contributed by atoms with van der Waals surface area (Å²) >= 11 is 0. The van der Waals surface area contributed by atoms with E-state index < -0.39 is 0 Å². The molecule has 3 aliphatic rings. The summed E-state index contributed by atoms with van der Waals surface area (Å²) in [5.74, 6) is 1.08. The van der Waals surface area contributed by atoms with Gasteiger partial charge in [0.2, 0.25) is 0 Å². The second-order valence-electron chi connectivity index (χ2n) is 6.61. The van der Waals surface area contributed by atoms with Crippen LogP contribution >= 0.6 is 0 Å². The second kappa shape index (κ2) is 5.05. The topological polar surface area (TPSA) is 24.5 Å². The first-order valence-corrected chi connectivity index (χ1v) is 8.01. The maximum atomic E-state index is 5.77. The number of fused-ring (bicyclic) bond motifs is 3. The number of hydrogen-bond acceptors (Lipinski definition) is 3. The highest BCUT2D eigenvalue weighted by molar-refractivity contribution is 5.37. The minimum absolute atomic E-state index is 0.479. The van der Waals surface area contributed by atoms with Gasteiger partial charge in [0.15, 0.2) is 0 Å². The van der Waals surface area contributed by atoms with E-state index in [4.69, 9.17) is 4.74 Å². The zero-order valence-corrected chi connectivity index (χ0v) is 12.2. The lowest BCUT2D eigenvalue weighted by atomic mass is 9.94. The molecule has 2 fully saturated rings. The molecule has 0 radical (unpaired) electrons. The zero-order chi connectivity index (χ0) is 13.5. The maximum absolute atomic E-state index is 5.77. The Labute approximate surface area is 121 Å². The van der Waals surface area contributed by atoms with Crippen molar-refractivity contribution in [2.24, 2.45) is 0 Å². The van der Waals surface area contributed by atoms with Gasteiger partial charge in [0.25, 0.3) is 0 Å². The minimum atomic E-state index is 0.479. The van der Waals surface area contributed by atoms with E-state index in [9.17, 15) is 0 Å². The van der Waals surface area contributed by atoms with Crippen molar-refractivity contribution in [3.05, 3.63) is 29.8 Å². The number of hydrogen-bond donors (Lipinski definition) is 1. The van der Waals surface area contributed by atoms with Gasteiger partial charge >= 0.3 is 0 Å². The van der Waals surface area contributed by atoms with E-state index in [0.717, 1.165) is 30.9 Å². The molecular formula is C17H24N2O. The van der Waals surface area contributed by atoms with Crippen LogP contribution in [0.4, 0.5) is 0 Å². The number of rotatable bonds is 2. The fraction of sp³-hybridized carbons (Fsp3) is 0.647. The summed E-state index contributed by atoms with van der Waals surface area (Å²) in [4.78, 5) is 2.61. The molecule has 1 aromatic carbocycles. The number of ether oxygens (including phenoxy) is 1. The van der Waals surface area contributed by atoms with Crippen LogP contribution in [0.1, 0.15) is 43.7 Å². The zero-order valence-electron chi connectivity index (χ0n) is 12.2. The molecule has 0 spiro atoms. The van der Waals surface area contributed by atoms with Crippen molar-refractivity contribution in [3.8, 4) is 5.75 Å². The number of piperidine rings is 1. The molecule has 0 aliphatic carbocycles. The SMILES string of the molecule is CN1C2CCC1CC(NC1CCOc3ccccc31)C2. The Kier molecular flexibility index (Phi) is 3.20. The van der Waals surface area contributed by atoms with Gasteiger partial charge in [0.1, 0.15) is 5.75 Å². The lowest BCUT2D eigenvalue weighted by molar-refractivity contribution is 0.136. The monoisotopic (exact) mass is 272 g/mol. The van der Waals surface area contributed by atoms with Crippen molar-refractivity contribution in [2.45, 2.75) is 56.3 Å². The molecule has 1 N–H and O–H groups in total. The molecule has 0 aromatic heterocycles. The van der Waals surface area contributed by atoms with E-state index in [1.807, 2.05) is 0 Å². The van der Waals surface area contributed by atoms with Crippen LogP contribution in [0, 0.1) is 0 Å². The molecule has 2 bridgehead atoms. The molecule has 3 heteroatoms. The predicted octanol–water partition coefficient (Wildman–Crippen LogP) is 2.73. The van der Waals surface area contributed by atoms with E-state index >= 15 is 0 Å². The molecule has 3 nitrogen and oxygen atoms in total. The van der Waals surface area contributed by atoms with Crippen molar-refractivity contribution in [3.63, 3.8) is 0 Å². The molecule has 0 amide bonds.